The maximum absolute atomic E-state index is 12.1. The SMILES string of the molecule is CCOc1ccc(C(=O)CCC(=O)OCCCS(=O)(=O)c2ccccc2)cc1. The molecular formula is C21H24O6S. The first-order valence-corrected chi connectivity index (χ1v) is 10.8. The van der Waals surface area contributed by atoms with Crippen molar-refractivity contribution in [1.82, 2.24) is 0 Å². The van der Waals surface area contributed by atoms with E-state index in [4.69, 9.17) is 9.47 Å². The van der Waals surface area contributed by atoms with Gasteiger partial charge in [0.05, 0.1) is 30.3 Å². The molecule has 0 N–H and O–H groups in total. The molecule has 2 aromatic carbocycles. The molecular weight excluding hydrogens is 380 g/mol. The summed E-state index contributed by atoms with van der Waals surface area (Å²) in [5, 5.41) is 0. The van der Waals surface area contributed by atoms with Crippen LogP contribution in [0.5, 0.6) is 5.75 Å². The van der Waals surface area contributed by atoms with E-state index in [0.717, 1.165) is 0 Å². The van der Waals surface area contributed by atoms with Crippen molar-refractivity contribution in [3.05, 3.63) is 60.2 Å². The molecule has 0 spiro atoms. The zero-order valence-electron chi connectivity index (χ0n) is 15.8. The van der Waals surface area contributed by atoms with Gasteiger partial charge in [0.2, 0.25) is 0 Å². The van der Waals surface area contributed by atoms with Gasteiger partial charge in [0.25, 0.3) is 0 Å². The number of esters is 1. The van der Waals surface area contributed by atoms with E-state index in [1.54, 1.807) is 42.5 Å². The molecule has 0 bridgehead atoms. The Labute approximate surface area is 165 Å². The van der Waals surface area contributed by atoms with E-state index in [9.17, 15) is 18.0 Å². The molecule has 0 saturated carbocycles. The number of carbonyl (C=O) groups is 2. The van der Waals surface area contributed by atoms with E-state index in [0.29, 0.717) is 17.9 Å². The highest BCUT2D eigenvalue weighted by Gasteiger charge is 2.14. The average Bonchev–Trinajstić information content (AvgIpc) is 2.71. The van der Waals surface area contributed by atoms with Crippen molar-refractivity contribution in [3.8, 4) is 5.75 Å². The molecule has 0 heterocycles. The molecule has 0 unspecified atom stereocenters. The first kappa shape index (κ1) is 21.6. The highest BCUT2D eigenvalue weighted by molar-refractivity contribution is 7.91. The van der Waals surface area contributed by atoms with E-state index < -0.39 is 15.8 Å². The van der Waals surface area contributed by atoms with Crippen molar-refractivity contribution in [2.75, 3.05) is 19.0 Å². The van der Waals surface area contributed by atoms with Crippen LogP contribution in [0.15, 0.2) is 59.5 Å². The minimum Gasteiger partial charge on any atom is -0.494 e. The number of sulfone groups is 1. The molecule has 0 atom stereocenters. The number of rotatable bonds is 11. The molecule has 0 amide bonds. The maximum atomic E-state index is 12.1. The van der Waals surface area contributed by atoms with E-state index >= 15 is 0 Å². The van der Waals surface area contributed by atoms with E-state index in [2.05, 4.69) is 0 Å². The lowest BCUT2D eigenvalue weighted by Crippen LogP contribution is -2.13. The summed E-state index contributed by atoms with van der Waals surface area (Å²) in [5.41, 5.74) is 0.505. The van der Waals surface area contributed by atoms with Gasteiger partial charge in [-0.15, -0.1) is 0 Å². The zero-order valence-corrected chi connectivity index (χ0v) is 16.6. The quantitative estimate of drug-likeness (QED) is 0.324. The lowest BCUT2D eigenvalue weighted by atomic mass is 10.1. The van der Waals surface area contributed by atoms with Gasteiger partial charge in [-0.1, -0.05) is 18.2 Å². The minimum absolute atomic E-state index is 0.00212. The summed E-state index contributed by atoms with van der Waals surface area (Å²) in [6.07, 6.45) is 0.197. The zero-order chi connectivity index (χ0) is 20.4. The number of ether oxygens (including phenoxy) is 2. The molecule has 28 heavy (non-hydrogen) atoms. The molecule has 0 saturated heterocycles. The molecule has 0 aliphatic rings. The van der Waals surface area contributed by atoms with Crippen LogP contribution in [0.3, 0.4) is 0 Å². The largest absolute Gasteiger partial charge is 0.494 e. The van der Waals surface area contributed by atoms with Gasteiger partial charge in [-0.25, -0.2) is 8.42 Å². The molecule has 150 valence electrons. The highest BCUT2D eigenvalue weighted by Crippen LogP contribution is 2.14. The molecule has 2 rings (SSSR count). The van der Waals surface area contributed by atoms with Crippen LogP contribution in [0.4, 0.5) is 0 Å². The summed E-state index contributed by atoms with van der Waals surface area (Å²) in [4.78, 5) is 24.1. The summed E-state index contributed by atoms with van der Waals surface area (Å²) in [7, 11) is -3.38. The Kier molecular flexibility index (Phi) is 8.19. The summed E-state index contributed by atoms with van der Waals surface area (Å²) < 4.78 is 34.6. The number of benzene rings is 2. The van der Waals surface area contributed by atoms with Gasteiger partial charge in [0.1, 0.15) is 5.75 Å². The fourth-order valence-electron chi connectivity index (χ4n) is 2.52. The standard InChI is InChI=1S/C21H24O6S/c1-2-26-18-11-9-17(10-12-18)20(22)13-14-21(23)27-15-6-16-28(24,25)19-7-4-3-5-8-19/h3-5,7-12H,2,6,13-16H2,1H3. The van der Waals surface area contributed by atoms with Crippen molar-refractivity contribution in [1.29, 1.82) is 0 Å². The Bertz CT molecular complexity index is 873. The molecule has 7 heteroatoms. The number of hydrogen-bond acceptors (Lipinski definition) is 6. The topological polar surface area (TPSA) is 86.7 Å². The smallest absolute Gasteiger partial charge is 0.306 e. The maximum Gasteiger partial charge on any atom is 0.306 e. The van der Waals surface area contributed by atoms with Gasteiger partial charge in [-0.2, -0.15) is 0 Å². The second-order valence-corrected chi connectivity index (χ2v) is 8.20. The van der Waals surface area contributed by atoms with E-state index in [1.165, 1.54) is 12.1 Å². The second-order valence-electron chi connectivity index (χ2n) is 6.09. The molecule has 0 radical (unpaired) electrons. The van der Waals surface area contributed by atoms with Gasteiger partial charge in [-0.3, -0.25) is 9.59 Å². The van der Waals surface area contributed by atoms with Crippen LogP contribution in [0.25, 0.3) is 0 Å². The van der Waals surface area contributed by atoms with Gasteiger partial charge in [0.15, 0.2) is 15.6 Å². The summed E-state index contributed by atoms with van der Waals surface area (Å²) >= 11 is 0. The van der Waals surface area contributed by atoms with Gasteiger partial charge in [0, 0.05) is 12.0 Å². The van der Waals surface area contributed by atoms with Crippen molar-refractivity contribution in [3.63, 3.8) is 0 Å². The van der Waals surface area contributed by atoms with Crippen LogP contribution >= 0.6 is 0 Å². The predicted molar refractivity (Wildman–Crippen MR) is 105 cm³/mol. The Morgan fingerprint density at radius 3 is 2.25 bits per heavy atom. The fourth-order valence-corrected chi connectivity index (χ4v) is 3.82. The highest BCUT2D eigenvalue weighted by atomic mass is 32.2. The van der Waals surface area contributed by atoms with Crippen LogP contribution in [-0.4, -0.2) is 39.1 Å². The first-order chi connectivity index (χ1) is 13.4. The van der Waals surface area contributed by atoms with Crippen molar-refractivity contribution < 1.29 is 27.5 Å². The third-order valence-corrected chi connectivity index (χ3v) is 5.78. The van der Waals surface area contributed by atoms with Crippen LogP contribution in [0, 0.1) is 0 Å². The van der Waals surface area contributed by atoms with Crippen LogP contribution in [0.2, 0.25) is 0 Å². The Hall–Kier alpha value is -2.67. The lowest BCUT2D eigenvalue weighted by Gasteiger charge is -2.07. The summed E-state index contributed by atoms with van der Waals surface area (Å²) in [5.74, 6) is -0.0953. The van der Waals surface area contributed by atoms with Crippen molar-refractivity contribution in [2.24, 2.45) is 0 Å². The van der Waals surface area contributed by atoms with E-state index in [1.807, 2.05) is 6.92 Å². The van der Waals surface area contributed by atoms with Crippen molar-refractivity contribution >= 4 is 21.6 Å². The Morgan fingerprint density at radius 1 is 0.929 bits per heavy atom. The average molecular weight is 404 g/mol. The summed E-state index contributed by atoms with van der Waals surface area (Å²) in [6, 6.07) is 14.9. The first-order valence-electron chi connectivity index (χ1n) is 9.12. The molecule has 6 nitrogen and oxygen atoms in total. The monoisotopic (exact) mass is 404 g/mol. The molecule has 0 aliphatic carbocycles. The van der Waals surface area contributed by atoms with E-state index in [-0.39, 0.29) is 42.3 Å². The van der Waals surface area contributed by atoms with Gasteiger partial charge < -0.3 is 9.47 Å². The second kappa shape index (κ2) is 10.6. The Morgan fingerprint density at radius 2 is 1.61 bits per heavy atom. The number of hydrogen-bond donors (Lipinski definition) is 0. The van der Waals surface area contributed by atoms with Gasteiger partial charge >= 0.3 is 5.97 Å². The third-order valence-electron chi connectivity index (χ3n) is 3.97. The van der Waals surface area contributed by atoms with Crippen LogP contribution in [0.1, 0.15) is 36.5 Å². The number of carbonyl (C=O) groups excluding carboxylic acids is 2. The third kappa shape index (κ3) is 6.81. The van der Waals surface area contributed by atoms with Crippen molar-refractivity contribution in [2.45, 2.75) is 31.1 Å². The van der Waals surface area contributed by atoms with Crippen LogP contribution in [-0.2, 0) is 19.4 Å². The normalized spacial score (nSPS) is 11.0. The molecule has 2 aromatic rings. The lowest BCUT2D eigenvalue weighted by molar-refractivity contribution is -0.143. The summed E-state index contributed by atoms with van der Waals surface area (Å²) in [6.45, 7) is 2.43. The fraction of sp³-hybridized carbons (Fsp3) is 0.333. The number of ketones is 1. The van der Waals surface area contributed by atoms with Gasteiger partial charge in [-0.05, 0) is 49.7 Å². The molecule has 0 aliphatic heterocycles. The number of Topliss-reactive ketones (excluding diaryl/α,β-unsaturated/α-hetero) is 1. The minimum atomic E-state index is -3.38. The molecule has 0 aromatic heterocycles. The molecule has 0 fully saturated rings. The van der Waals surface area contributed by atoms with Crippen LogP contribution < -0.4 is 4.74 Å². The Balaban J connectivity index is 1.69. The predicted octanol–water partition coefficient (Wildman–Crippen LogP) is 3.46.